The maximum absolute atomic E-state index is 12.9. The first kappa shape index (κ1) is 23.1. The topological polar surface area (TPSA) is 115 Å². The number of aromatic nitrogens is 4. The van der Waals surface area contributed by atoms with Crippen LogP contribution in [0, 0.1) is 0 Å². The van der Waals surface area contributed by atoms with Crippen LogP contribution in [0.15, 0.2) is 47.3 Å². The molecule has 1 aliphatic heterocycles. The molecule has 1 saturated heterocycles. The van der Waals surface area contributed by atoms with Gasteiger partial charge < -0.3 is 19.4 Å². The average Bonchev–Trinajstić information content (AvgIpc) is 3.18. The van der Waals surface area contributed by atoms with Gasteiger partial charge in [-0.25, -0.2) is 9.78 Å². The molecule has 0 radical (unpaired) electrons. The highest BCUT2D eigenvalue weighted by molar-refractivity contribution is 5.90. The highest BCUT2D eigenvalue weighted by Gasteiger charge is 2.39. The van der Waals surface area contributed by atoms with Gasteiger partial charge in [-0.05, 0) is 57.6 Å². The van der Waals surface area contributed by atoms with E-state index in [2.05, 4.69) is 32.7 Å². The fourth-order valence-corrected chi connectivity index (χ4v) is 4.41. The zero-order valence-electron chi connectivity index (χ0n) is 20.2. The summed E-state index contributed by atoms with van der Waals surface area (Å²) >= 11 is 0. The van der Waals surface area contributed by atoms with Crippen LogP contribution in [0.2, 0.25) is 0 Å². The molecule has 1 saturated carbocycles. The maximum atomic E-state index is 12.9. The first-order valence-corrected chi connectivity index (χ1v) is 12.0. The summed E-state index contributed by atoms with van der Waals surface area (Å²) in [7, 11) is 0. The Labute approximate surface area is 203 Å². The van der Waals surface area contributed by atoms with Crippen LogP contribution in [0.3, 0.4) is 0 Å². The molecule has 1 N–H and O–H groups in total. The Hall–Kier alpha value is -3.69. The van der Waals surface area contributed by atoms with Crippen LogP contribution in [0.5, 0.6) is 0 Å². The van der Waals surface area contributed by atoms with Crippen molar-refractivity contribution in [2.24, 2.45) is 0 Å². The predicted molar refractivity (Wildman–Crippen MR) is 127 cm³/mol. The van der Waals surface area contributed by atoms with E-state index in [-0.39, 0.29) is 18.0 Å². The number of benzene rings is 1. The number of ether oxygens (including phenoxy) is 1. The Balaban J connectivity index is 1.26. The van der Waals surface area contributed by atoms with Gasteiger partial charge in [0.2, 0.25) is 0 Å². The third-order valence-electron chi connectivity index (χ3n) is 6.17. The first-order chi connectivity index (χ1) is 16.7. The second kappa shape index (κ2) is 9.16. The minimum atomic E-state index is -0.623. The van der Waals surface area contributed by atoms with Gasteiger partial charge in [0.1, 0.15) is 5.60 Å². The van der Waals surface area contributed by atoms with Crippen molar-refractivity contribution in [2.75, 3.05) is 6.54 Å². The van der Waals surface area contributed by atoms with Gasteiger partial charge in [0, 0.05) is 24.3 Å². The fourth-order valence-electron chi connectivity index (χ4n) is 4.41. The molecule has 1 aromatic carbocycles. The van der Waals surface area contributed by atoms with E-state index in [4.69, 9.17) is 9.15 Å². The van der Waals surface area contributed by atoms with E-state index in [1.54, 1.807) is 28.2 Å². The number of nitrogens with zero attached hydrogens (tertiary/aromatic N) is 5. The fraction of sp³-hybridized carbons (Fsp3) is 0.480. The third-order valence-corrected chi connectivity index (χ3v) is 6.17. The van der Waals surface area contributed by atoms with E-state index in [0.717, 1.165) is 5.56 Å². The molecule has 2 atom stereocenters. The molecule has 3 aromatic rings. The molecule has 35 heavy (non-hydrogen) atoms. The first-order valence-electron chi connectivity index (χ1n) is 12.0. The minimum absolute atomic E-state index is 0.000342. The monoisotopic (exact) mass is 478 g/mol. The number of oxazole rings is 1. The lowest BCUT2D eigenvalue weighted by Crippen LogP contribution is -2.43. The van der Waals surface area contributed by atoms with Crippen LogP contribution in [-0.4, -0.2) is 61.1 Å². The van der Waals surface area contributed by atoms with Gasteiger partial charge in [0.15, 0.2) is 5.76 Å². The number of nitrogens with one attached hydrogen (secondary N) is 1. The minimum Gasteiger partial charge on any atom is -0.444 e. The molecule has 5 rings (SSSR count). The summed E-state index contributed by atoms with van der Waals surface area (Å²) in [4.78, 5) is 31.6. The van der Waals surface area contributed by atoms with Crippen molar-refractivity contribution in [3.8, 4) is 11.3 Å². The van der Waals surface area contributed by atoms with Gasteiger partial charge in [-0.2, -0.15) is 0 Å². The molecule has 184 valence electrons. The van der Waals surface area contributed by atoms with E-state index < -0.39 is 17.6 Å². The van der Waals surface area contributed by atoms with Crippen molar-refractivity contribution in [3.05, 3.63) is 54.3 Å². The molecule has 3 heterocycles. The van der Waals surface area contributed by atoms with Gasteiger partial charge in [-0.3, -0.25) is 9.48 Å². The largest absolute Gasteiger partial charge is 0.444 e. The molecular weight excluding hydrogens is 448 g/mol. The predicted octanol–water partition coefficient (Wildman–Crippen LogP) is 3.62. The Morgan fingerprint density at radius 2 is 2.09 bits per heavy atom. The van der Waals surface area contributed by atoms with Crippen molar-refractivity contribution in [3.63, 3.8) is 0 Å². The zero-order chi connectivity index (χ0) is 24.6. The van der Waals surface area contributed by atoms with Crippen molar-refractivity contribution >= 4 is 12.0 Å². The lowest BCUT2D eigenvalue weighted by molar-refractivity contribution is 0.0207. The molecule has 10 nitrogen and oxygen atoms in total. The second-order valence-corrected chi connectivity index (χ2v) is 10.2. The molecule has 1 aliphatic carbocycles. The van der Waals surface area contributed by atoms with Crippen LogP contribution in [0.4, 0.5) is 4.79 Å². The third kappa shape index (κ3) is 5.52. The summed E-state index contributed by atoms with van der Waals surface area (Å²) in [6.07, 6.45) is 7.46. The number of amides is 2. The molecular formula is C25H30N6O4. The SMILES string of the molecule is CC(C)(C)OC(=O)N1CC(NC(=O)c2ncc(-c3cccc(C4CC4)c3)o2)CC1Cn1ccnn1. The standard InChI is InChI=1S/C25H30N6O4/c1-25(2,3)35-24(33)31-14-19(12-20(31)15-30-10-9-27-29-30)28-22(32)23-26-13-21(34-23)18-6-4-5-17(11-18)16-7-8-16/h4-6,9-11,13,16,19-20H,7-8,12,14-15H2,1-3H3,(H,28,32). The van der Waals surface area contributed by atoms with Crippen molar-refractivity contribution in [2.45, 2.75) is 70.2 Å². The summed E-state index contributed by atoms with van der Waals surface area (Å²) in [6.45, 7) is 6.25. The van der Waals surface area contributed by atoms with Crippen molar-refractivity contribution in [1.29, 1.82) is 0 Å². The molecule has 2 amide bonds. The number of hydrogen-bond acceptors (Lipinski definition) is 7. The van der Waals surface area contributed by atoms with Crippen LogP contribution >= 0.6 is 0 Å². The Kier molecular flexibility index (Phi) is 6.04. The van der Waals surface area contributed by atoms with Crippen LogP contribution in [0.1, 0.15) is 62.2 Å². The van der Waals surface area contributed by atoms with Gasteiger partial charge in [0.05, 0.1) is 25.0 Å². The average molecular weight is 479 g/mol. The van der Waals surface area contributed by atoms with Crippen LogP contribution in [-0.2, 0) is 11.3 Å². The van der Waals surface area contributed by atoms with E-state index in [0.29, 0.717) is 31.2 Å². The highest BCUT2D eigenvalue weighted by atomic mass is 16.6. The summed E-state index contributed by atoms with van der Waals surface area (Å²) in [5, 5.41) is 10.8. The number of likely N-dealkylation sites (tertiary alicyclic amines) is 1. The number of hydrogen-bond donors (Lipinski definition) is 1. The van der Waals surface area contributed by atoms with Gasteiger partial charge in [0.25, 0.3) is 5.89 Å². The number of rotatable bonds is 6. The molecule has 0 bridgehead atoms. The van der Waals surface area contributed by atoms with E-state index in [9.17, 15) is 9.59 Å². The molecule has 2 unspecified atom stereocenters. The van der Waals surface area contributed by atoms with E-state index in [1.807, 2.05) is 32.9 Å². The Morgan fingerprint density at radius 1 is 1.26 bits per heavy atom. The molecule has 10 heteroatoms. The second-order valence-electron chi connectivity index (χ2n) is 10.2. The molecule has 0 spiro atoms. The summed E-state index contributed by atoms with van der Waals surface area (Å²) < 4.78 is 13.1. The Morgan fingerprint density at radius 3 is 2.80 bits per heavy atom. The van der Waals surface area contributed by atoms with Gasteiger partial charge in [-0.15, -0.1) is 5.10 Å². The van der Waals surface area contributed by atoms with Crippen molar-refractivity contribution in [1.82, 2.24) is 30.2 Å². The summed E-state index contributed by atoms with van der Waals surface area (Å²) in [5.41, 5.74) is 1.57. The van der Waals surface area contributed by atoms with Crippen LogP contribution < -0.4 is 5.32 Å². The number of carbonyl (C=O) groups is 2. The molecule has 2 fully saturated rings. The molecule has 2 aromatic heterocycles. The lowest BCUT2D eigenvalue weighted by atomic mass is 10.1. The van der Waals surface area contributed by atoms with Crippen molar-refractivity contribution < 1.29 is 18.7 Å². The Bertz CT molecular complexity index is 1190. The quantitative estimate of drug-likeness (QED) is 0.575. The van der Waals surface area contributed by atoms with Crippen LogP contribution in [0.25, 0.3) is 11.3 Å². The van der Waals surface area contributed by atoms with E-state index in [1.165, 1.54) is 18.4 Å². The lowest BCUT2D eigenvalue weighted by Gasteiger charge is -2.28. The highest BCUT2D eigenvalue weighted by Crippen LogP contribution is 2.41. The summed E-state index contributed by atoms with van der Waals surface area (Å²) in [5.74, 6) is 0.774. The normalized spacial score (nSPS) is 20.1. The number of carbonyl (C=O) groups excluding carboxylic acids is 2. The zero-order valence-corrected chi connectivity index (χ0v) is 20.2. The van der Waals surface area contributed by atoms with Gasteiger partial charge in [-0.1, -0.05) is 23.4 Å². The van der Waals surface area contributed by atoms with Gasteiger partial charge >= 0.3 is 12.0 Å². The van der Waals surface area contributed by atoms with E-state index >= 15 is 0 Å². The molecule has 2 aliphatic rings. The maximum Gasteiger partial charge on any atom is 0.410 e. The smallest absolute Gasteiger partial charge is 0.410 e. The summed E-state index contributed by atoms with van der Waals surface area (Å²) in [6, 6.07) is 7.70.